The van der Waals surface area contributed by atoms with Crippen molar-refractivity contribution in [2.45, 2.75) is 48.9 Å². The van der Waals surface area contributed by atoms with Crippen molar-refractivity contribution in [1.82, 2.24) is 10.0 Å². The topological polar surface area (TPSA) is 58.2 Å². The standard InChI is InChI=1S/C13H22N2O2S3/c1-9-8-19-12(7-14-2)13(9)20(16,17)15-10-5-4-6-11(10)18-3/h8,10-11,14-15H,4-7H2,1-3H3. The maximum absolute atomic E-state index is 12.7. The third-order valence-corrected chi connectivity index (χ3v) is 7.78. The lowest BCUT2D eigenvalue weighted by molar-refractivity contribution is 0.554. The summed E-state index contributed by atoms with van der Waals surface area (Å²) >= 11 is 3.27. The minimum Gasteiger partial charge on any atom is -0.315 e. The average molecular weight is 335 g/mol. The predicted molar refractivity (Wildman–Crippen MR) is 87.1 cm³/mol. The van der Waals surface area contributed by atoms with E-state index in [9.17, 15) is 8.42 Å². The number of thiophene rings is 1. The molecule has 1 fully saturated rings. The van der Waals surface area contributed by atoms with Crippen molar-refractivity contribution in [3.05, 3.63) is 15.8 Å². The summed E-state index contributed by atoms with van der Waals surface area (Å²) in [5.41, 5.74) is 0.839. The second-order valence-electron chi connectivity index (χ2n) is 5.13. The van der Waals surface area contributed by atoms with Gasteiger partial charge in [-0.1, -0.05) is 6.42 Å². The van der Waals surface area contributed by atoms with E-state index in [1.807, 2.05) is 19.4 Å². The minimum absolute atomic E-state index is 0.0664. The highest BCUT2D eigenvalue weighted by molar-refractivity contribution is 7.99. The number of hydrogen-bond donors (Lipinski definition) is 2. The monoisotopic (exact) mass is 334 g/mol. The number of thioether (sulfide) groups is 1. The molecular formula is C13H22N2O2S3. The molecule has 114 valence electrons. The first-order valence-electron chi connectivity index (χ1n) is 6.76. The Morgan fingerprint density at radius 2 is 2.20 bits per heavy atom. The molecular weight excluding hydrogens is 312 g/mol. The third-order valence-electron chi connectivity index (χ3n) is 3.66. The largest absolute Gasteiger partial charge is 0.315 e. The molecule has 0 radical (unpaired) electrons. The molecule has 1 aliphatic carbocycles. The SMILES string of the molecule is CNCc1scc(C)c1S(=O)(=O)NC1CCCC1SC. The molecule has 2 rings (SSSR count). The molecule has 1 aromatic heterocycles. The van der Waals surface area contributed by atoms with Crippen LogP contribution in [0.15, 0.2) is 10.3 Å². The molecule has 1 aromatic rings. The average Bonchev–Trinajstić information content (AvgIpc) is 2.96. The van der Waals surface area contributed by atoms with Crippen LogP contribution in [-0.4, -0.2) is 33.0 Å². The van der Waals surface area contributed by atoms with Crippen LogP contribution >= 0.6 is 23.1 Å². The van der Waals surface area contributed by atoms with E-state index in [1.54, 1.807) is 11.8 Å². The summed E-state index contributed by atoms with van der Waals surface area (Å²) in [6.45, 7) is 2.45. The molecule has 0 amide bonds. The molecule has 7 heteroatoms. The van der Waals surface area contributed by atoms with Crippen molar-refractivity contribution in [3.63, 3.8) is 0 Å². The van der Waals surface area contributed by atoms with Gasteiger partial charge in [0, 0.05) is 22.7 Å². The predicted octanol–water partition coefficient (Wildman–Crippen LogP) is 2.34. The van der Waals surface area contributed by atoms with Crippen molar-refractivity contribution in [2.75, 3.05) is 13.3 Å². The number of aryl methyl sites for hydroxylation is 1. The Morgan fingerprint density at radius 1 is 1.45 bits per heavy atom. The van der Waals surface area contributed by atoms with E-state index < -0.39 is 10.0 Å². The van der Waals surface area contributed by atoms with Gasteiger partial charge in [-0.2, -0.15) is 11.8 Å². The van der Waals surface area contributed by atoms with Gasteiger partial charge < -0.3 is 5.32 Å². The number of sulfonamides is 1. The highest BCUT2D eigenvalue weighted by Gasteiger charge is 2.32. The van der Waals surface area contributed by atoms with Crippen LogP contribution < -0.4 is 10.0 Å². The summed E-state index contributed by atoms with van der Waals surface area (Å²) in [5, 5.41) is 5.36. The minimum atomic E-state index is -3.42. The van der Waals surface area contributed by atoms with Gasteiger partial charge in [-0.3, -0.25) is 0 Å². The normalized spacial score (nSPS) is 23.4. The summed E-state index contributed by atoms with van der Waals surface area (Å²) in [6.07, 6.45) is 5.19. The quantitative estimate of drug-likeness (QED) is 0.838. The molecule has 0 aliphatic heterocycles. The van der Waals surface area contributed by atoms with Crippen LogP contribution in [0.1, 0.15) is 29.7 Å². The Bertz CT molecular complexity index is 554. The molecule has 1 heterocycles. The van der Waals surface area contributed by atoms with E-state index in [2.05, 4.69) is 16.3 Å². The van der Waals surface area contributed by atoms with Crippen molar-refractivity contribution < 1.29 is 8.42 Å². The lowest BCUT2D eigenvalue weighted by atomic mass is 10.3. The van der Waals surface area contributed by atoms with E-state index in [-0.39, 0.29) is 6.04 Å². The van der Waals surface area contributed by atoms with Crippen LogP contribution in [0.25, 0.3) is 0 Å². The summed E-state index contributed by atoms with van der Waals surface area (Å²) in [6, 6.07) is 0.0664. The first kappa shape index (κ1) is 16.3. The van der Waals surface area contributed by atoms with Crippen LogP contribution in [0, 0.1) is 6.92 Å². The fourth-order valence-electron chi connectivity index (χ4n) is 2.73. The highest BCUT2D eigenvalue weighted by Crippen LogP contribution is 2.32. The Labute approximate surface area is 129 Å². The molecule has 1 saturated carbocycles. The van der Waals surface area contributed by atoms with Crippen LogP contribution in [0.4, 0.5) is 0 Å². The van der Waals surface area contributed by atoms with Gasteiger partial charge in [-0.25, -0.2) is 13.1 Å². The van der Waals surface area contributed by atoms with E-state index in [0.29, 0.717) is 16.7 Å². The van der Waals surface area contributed by atoms with Crippen LogP contribution in [0.5, 0.6) is 0 Å². The van der Waals surface area contributed by atoms with Crippen molar-refractivity contribution in [3.8, 4) is 0 Å². The molecule has 0 saturated heterocycles. The Morgan fingerprint density at radius 3 is 2.85 bits per heavy atom. The summed E-state index contributed by atoms with van der Waals surface area (Å²) < 4.78 is 28.3. The van der Waals surface area contributed by atoms with Crippen LogP contribution in [0.3, 0.4) is 0 Å². The smallest absolute Gasteiger partial charge is 0.242 e. The fraction of sp³-hybridized carbons (Fsp3) is 0.692. The Hall–Kier alpha value is -0.0800. The second-order valence-corrected chi connectivity index (χ2v) is 8.83. The molecule has 1 aliphatic rings. The third kappa shape index (κ3) is 3.39. The Kier molecular flexibility index (Phi) is 5.53. The highest BCUT2D eigenvalue weighted by atomic mass is 32.2. The molecule has 2 atom stereocenters. The molecule has 2 unspecified atom stereocenters. The zero-order chi connectivity index (χ0) is 14.8. The molecule has 2 N–H and O–H groups in total. The molecule has 4 nitrogen and oxygen atoms in total. The number of rotatable bonds is 6. The van der Waals surface area contributed by atoms with Gasteiger partial charge in [-0.05, 0) is 44.0 Å². The zero-order valence-electron chi connectivity index (χ0n) is 12.1. The Balaban J connectivity index is 2.24. The van der Waals surface area contributed by atoms with Crippen LogP contribution in [0.2, 0.25) is 0 Å². The van der Waals surface area contributed by atoms with Crippen LogP contribution in [-0.2, 0) is 16.6 Å². The zero-order valence-corrected chi connectivity index (χ0v) is 14.6. The van der Waals surface area contributed by atoms with Gasteiger partial charge in [0.2, 0.25) is 10.0 Å². The lowest BCUT2D eigenvalue weighted by Gasteiger charge is -2.19. The van der Waals surface area contributed by atoms with Gasteiger partial charge in [0.15, 0.2) is 0 Å². The molecule has 0 aromatic carbocycles. The van der Waals surface area contributed by atoms with Gasteiger partial charge in [-0.15, -0.1) is 11.3 Å². The number of nitrogens with one attached hydrogen (secondary N) is 2. The first-order valence-corrected chi connectivity index (χ1v) is 10.4. The summed E-state index contributed by atoms with van der Waals surface area (Å²) in [7, 11) is -1.59. The van der Waals surface area contributed by atoms with Crippen molar-refractivity contribution in [2.24, 2.45) is 0 Å². The fourth-order valence-corrected chi connectivity index (χ4v) is 6.89. The summed E-state index contributed by atoms with van der Waals surface area (Å²) in [5.74, 6) is 0. The second kappa shape index (κ2) is 6.79. The maximum Gasteiger partial charge on any atom is 0.242 e. The summed E-state index contributed by atoms with van der Waals surface area (Å²) in [4.78, 5) is 1.36. The van der Waals surface area contributed by atoms with Gasteiger partial charge in [0.05, 0.1) is 0 Å². The lowest BCUT2D eigenvalue weighted by Crippen LogP contribution is -2.39. The molecule has 20 heavy (non-hydrogen) atoms. The van der Waals surface area contributed by atoms with E-state index in [1.165, 1.54) is 11.3 Å². The van der Waals surface area contributed by atoms with Crippen molar-refractivity contribution >= 4 is 33.1 Å². The first-order chi connectivity index (χ1) is 9.49. The van der Waals surface area contributed by atoms with Gasteiger partial charge in [0.25, 0.3) is 0 Å². The number of hydrogen-bond acceptors (Lipinski definition) is 5. The molecule has 0 bridgehead atoms. The maximum atomic E-state index is 12.7. The van der Waals surface area contributed by atoms with E-state index >= 15 is 0 Å². The van der Waals surface area contributed by atoms with E-state index in [4.69, 9.17) is 0 Å². The van der Waals surface area contributed by atoms with Gasteiger partial charge >= 0.3 is 0 Å². The van der Waals surface area contributed by atoms with Gasteiger partial charge in [0.1, 0.15) is 4.90 Å². The van der Waals surface area contributed by atoms with E-state index in [0.717, 1.165) is 29.7 Å². The van der Waals surface area contributed by atoms with Crippen molar-refractivity contribution in [1.29, 1.82) is 0 Å². The molecule has 0 spiro atoms.